The Kier molecular flexibility index (Phi) is 2.09. The van der Waals surface area contributed by atoms with Crippen molar-refractivity contribution >= 4 is 5.78 Å². The number of nitrogens with one attached hydrogen (secondary N) is 1. The third-order valence-electron chi connectivity index (χ3n) is 2.31. The lowest BCUT2D eigenvalue weighted by Crippen LogP contribution is -2.44. The van der Waals surface area contributed by atoms with Gasteiger partial charge in [0.25, 0.3) is 0 Å². The van der Waals surface area contributed by atoms with Gasteiger partial charge in [-0.2, -0.15) is 0 Å². The van der Waals surface area contributed by atoms with E-state index in [1.54, 1.807) is 0 Å². The summed E-state index contributed by atoms with van der Waals surface area (Å²) in [4.78, 5) is 11.3. The summed E-state index contributed by atoms with van der Waals surface area (Å²) in [5.74, 6) is 0.352. The molecule has 0 bridgehead atoms. The van der Waals surface area contributed by atoms with Crippen LogP contribution in [0.2, 0.25) is 0 Å². The lowest BCUT2D eigenvalue weighted by molar-refractivity contribution is -0.124. The standard InChI is InChI=1S/C8H15NO/c1-3-7(10)8(2)5-4-6-9-8/h9H,3-6H2,1-2H3. The van der Waals surface area contributed by atoms with Crippen LogP contribution in [0.3, 0.4) is 0 Å². The van der Waals surface area contributed by atoms with E-state index in [2.05, 4.69) is 5.32 Å². The molecule has 0 radical (unpaired) electrons. The Balaban J connectivity index is 2.58. The summed E-state index contributed by atoms with van der Waals surface area (Å²) >= 11 is 0. The molecule has 1 rings (SSSR count). The molecule has 10 heavy (non-hydrogen) atoms. The van der Waals surface area contributed by atoms with E-state index < -0.39 is 0 Å². The Morgan fingerprint density at radius 1 is 1.70 bits per heavy atom. The number of carbonyl (C=O) groups is 1. The highest BCUT2D eigenvalue weighted by molar-refractivity contribution is 5.87. The zero-order chi connectivity index (χ0) is 7.61. The van der Waals surface area contributed by atoms with Crippen molar-refractivity contribution in [2.24, 2.45) is 0 Å². The summed E-state index contributed by atoms with van der Waals surface area (Å²) in [6, 6.07) is 0. The van der Waals surface area contributed by atoms with E-state index in [-0.39, 0.29) is 5.54 Å². The maximum atomic E-state index is 11.3. The van der Waals surface area contributed by atoms with Crippen LogP contribution in [0.5, 0.6) is 0 Å². The number of rotatable bonds is 2. The molecule has 0 aromatic carbocycles. The van der Waals surface area contributed by atoms with Crippen molar-refractivity contribution in [2.45, 2.75) is 38.6 Å². The van der Waals surface area contributed by atoms with Crippen LogP contribution in [0.15, 0.2) is 0 Å². The van der Waals surface area contributed by atoms with Crippen LogP contribution in [-0.2, 0) is 4.79 Å². The van der Waals surface area contributed by atoms with Crippen molar-refractivity contribution < 1.29 is 4.79 Å². The van der Waals surface area contributed by atoms with E-state index >= 15 is 0 Å². The van der Waals surface area contributed by atoms with Crippen LogP contribution in [0, 0.1) is 0 Å². The van der Waals surface area contributed by atoms with Crippen LogP contribution < -0.4 is 5.32 Å². The number of ketones is 1. The number of hydrogen-bond acceptors (Lipinski definition) is 2. The molecule has 0 aliphatic carbocycles. The molecule has 1 unspecified atom stereocenters. The fourth-order valence-electron chi connectivity index (χ4n) is 1.52. The molecule has 1 aliphatic rings. The highest BCUT2D eigenvalue weighted by atomic mass is 16.1. The quantitative estimate of drug-likeness (QED) is 0.624. The molecule has 0 spiro atoms. The smallest absolute Gasteiger partial charge is 0.152 e. The Hall–Kier alpha value is -0.370. The van der Waals surface area contributed by atoms with E-state index in [0.29, 0.717) is 12.2 Å². The highest BCUT2D eigenvalue weighted by Gasteiger charge is 2.33. The Bertz CT molecular complexity index is 136. The first-order chi connectivity index (χ1) is 4.69. The van der Waals surface area contributed by atoms with Crippen molar-refractivity contribution in [1.29, 1.82) is 0 Å². The molecule has 0 saturated carbocycles. The molecule has 1 fully saturated rings. The van der Waals surface area contributed by atoms with Gasteiger partial charge in [0.1, 0.15) is 0 Å². The minimum atomic E-state index is -0.186. The average molecular weight is 141 g/mol. The predicted molar refractivity (Wildman–Crippen MR) is 40.9 cm³/mol. The molecule has 0 amide bonds. The van der Waals surface area contributed by atoms with Gasteiger partial charge in [-0.15, -0.1) is 0 Å². The van der Waals surface area contributed by atoms with Crippen molar-refractivity contribution in [2.75, 3.05) is 6.54 Å². The van der Waals surface area contributed by atoms with Gasteiger partial charge in [0.2, 0.25) is 0 Å². The number of hydrogen-bond donors (Lipinski definition) is 1. The Morgan fingerprint density at radius 3 is 2.80 bits per heavy atom. The van der Waals surface area contributed by atoms with Gasteiger partial charge in [-0.3, -0.25) is 4.79 Å². The minimum Gasteiger partial charge on any atom is -0.305 e. The first-order valence-corrected chi connectivity index (χ1v) is 3.97. The second kappa shape index (κ2) is 2.70. The van der Waals surface area contributed by atoms with Gasteiger partial charge in [-0.25, -0.2) is 0 Å². The monoisotopic (exact) mass is 141 g/mol. The normalized spacial score (nSPS) is 32.6. The van der Waals surface area contributed by atoms with E-state index in [0.717, 1.165) is 19.4 Å². The molecule has 1 N–H and O–H groups in total. The lowest BCUT2D eigenvalue weighted by Gasteiger charge is -2.21. The number of Topliss-reactive ketones (excluding diaryl/α,β-unsaturated/α-hetero) is 1. The van der Waals surface area contributed by atoms with Crippen molar-refractivity contribution in [3.63, 3.8) is 0 Å². The van der Waals surface area contributed by atoms with Gasteiger partial charge in [0.15, 0.2) is 5.78 Å². The summed E-state index contributed by atoms with van der Waals surface area (Å²) in [7, 11) is 0. The second-order valence-electron chi connectivity index (χ2n) is 3.14. The molecule has 2 heteroatoms. The van der Waals surface area contributed by atoms with E-state index in [1.807, 2.05) is 13.8 Å². The molecule has 58 valence electrons. The summed E-state index contributed by atoms with van der Waals surface area (Å²) in [6.07, 6.45) is 2.81. The third kappa shape index (κ3) is 1.21. The third-order valence-corrected chi connectivity index (χ3v) is 2.31. The zero-order valence-electron chi connectivity index (χ0n) is 6.74. The maximum Gasteiger partial charge on any atom is 0.152 e. The lowest BCUT2D eigenvalue weighted by atomic mass is 9.93. The van der Waals surface area contributed by atoms with Crippen molar-refractivity contribution in [3.8, 4) is 0 Å². The molecule has 1 atom stereocenters. The SMILES string of the molecule is CCC(=O)C1(C)CCCN1. The van der Waals surface area contributed by atoms with Crippen LogP contribution in [-0.4, -0.2) is 17.9 Å². The molecule has 0 aromatic rings. The first kappa shape index (κ1) is 7.73. The minimum absolute atomic E-state index is 0.186. The Labute approximate surface area is 62.0 Å². The molecule has 2 nitrogen and oxygen atoms in total. The van der Waals surface area contributed by atoms with Crippen molar-refractivity contribution in [3.05, 3.63) is 0 Å². The van der Waals surface area contributed by atoms with Gasteiger partial charge in [-0.1, -0.05) is 6.92 Å². The number of carbonyl (C=O) groups excluding carboxylic acids is 1. The van der Waals surface area contributed by atoms with Crippen molar-refractivity contribution in [1.82, 2.24) is 5.32 Å². The van der Waals surface area contributed by atoms with Crippen LogP contribution in [0.4, 0.5) is 0 Å². The highest BCUT2D eigenvalue weighted by Crippen LogP contribution is 2.20. The van der Waals surface area contributed by atoms with Gasteiger partial charge in [-0.05, 0) is 26.3 Å². The maximum absolute atomic E-state index is 11.3. The summed E-state index contributed by atoms with van der Waals surface area (Å²) in [5, 5.41) is 3.23. The van der Waals surface area contributed by atoms with E-state index in [9.17, 15) is 4.79 Å². The first-order valence-electron chi connectivity index (χ1n) is 3.97. The summed E-state index contributed by atoms with van der Waals surface area (Å²) in [5.41, 5.74) is -0.186. The fourth-order valence-corrected chi connectivity index (χ4v) is 1.52. The van der Waals surface area contributed by atoms with Gasteiger partial charge in [0.05, 0.1) is 5.54 Å². The Morgan fingerprint density at radius 2 is 2.40 bits per heavy atom. The molecule has 1 aliphatic heterocycles. The van der Waals surface area contributed by atoms with Crippen LogP contribution >= 0.6 is 0 Å². The second-order valence-corrected chi connectivity index (χ2v) is 3.14. The molecule has 1 heterocycles. The van der Waals surface area contributed by atoms with Gasteiger partial charge >= 0.3 is 0 Å². The summed E-state index contributed by atoms with van der Waals surface area (Å²) < 4.78 is 0. The van der Waals surface area contributed by atoms with E-state index in [4.69, 9.17) is 0 Å². The van der Waals surface area contributed by atoms with Gasteiger partial charge in [0, 0.05) is 6.42 Å². The predicted octanol–water partition coefficient (Wildman–Crippen LogP) is 1.11. The van der Waals surface area contributed by atoms with E-state index in [1.165, 1.54) is 0 Å². The zero-order valence-corrected chi connectivity index (χ0v) is 6.74. The average Bonchev–Trinajstić information content (AvgIpc) is 2.36. The van der Waals surface area contributed by atoms with Crippen LogP contribution in [0.1, 0.15) is 33.1 Å². The van der Waals surface area contributed by atoms with Crippen LogP contribution in [0.25, 0.3) is 0 Å². The van der Waals surface area contributed by atoms with Gasteiger partial charge < -0.3 is 5.32 Å². The fraction of sp³-hybridized carbons (Fsp3) is 0.875. The topological polar surface area (TPSA) is 29.1 Å². The molecule has 1 saturated heterocycles. The molecular formula is C8H15NO. The largest absolute Gasteiger partial charge is 0.305 e. The molecular weight excluding hydrogens is 126 g/mol. The molecule has 0 aromatic heterocycles. The summed E-state index contributed by atoms with van der Waals surface area (Å²) in [6.45, 7) is 4.93.